The molecule has 2 aromatic carbocycles. The number of Topliss-reactive ketones (excluding diaryl/α,β-unsaturated/α-hetero) is 1. The normalized spacial score (nSPS) is 13.3. The van der Waals surface area contributed by atoms with Crippen molar-refractivity contribution in [1.82, 2.24) is 0 Å². The Balaban J connectivity index is 1.91. The van der Waals surface area contributed by atoms with Crippen LogP contribution in [0.5, 0.6) is 23.0 Å². The SMILES string of the molecule is COc1ccc(C(=O)C(Cl)=Cc2cc(OC)c3c(c2)OCCO3)cc1N. The van der Waals surface area contributed by atoms with Crippen molar-refractivity contribution in [2.45, 2.75) is 0 Å². The van der Waals surface area contributed by atoms with Crippen LogP contribution in [0.25, 0.3) is 6.08 Å². The van der Waals surface area contributed by atoms with Crippen molar-refractivity contribution in [1.29, 1.82) is 0 Å². The number of hydrogen-bond acceptors (Lipinski definition) is 6. The number of fused-ring (bicyclic) bond motifs is 1. The fourth-order valence-corrected chi connectivity index (χ4v) is 2.84. The first-order valence-corrected chi connectivity index (χ1v) is 8.24. The molecule has 1 aliphatic heterocycles. The van der Waals surface area contributed by atoms with Crippen molar-refractivity contribution in [3.05, 3.63) is 46.5 Å². The number of benzene rings is 2. The maximum absolute atomic E-state index is 12.6. The first-order valence-electron chi connectivity index (χ1n) is 7.86. The number of allylic oxidation sites excluding steroid dienone is 1. The molecule has 136 valence electrons. The summed E-state index contributed by atoms with van der Waals surface area (Å²) in [5, 5.41) is 0.0355. The molecule has 0 aliphatic carbocycles. The number of halogens is 1. The van der Waals surface area contributed by atoms with E-state index in [0.717, 1.165) is 0 Å². The number of nitrogen functional groups attached to an aromatic ring is 1. The zero-order valence-electron chi connectivity index (χ0n) is 14.4. The minimum atomic E-state index is -0.352. The maximum atomic E-state index is 12.6. The molecule has 3 rings (SSSR count). The highest BCUT2D eigenvalue weighted by atomic mass is 35.5. The number of anilines is 1. The lowest BCUT2D eigenvalue weighted by atomic mass is 10.1. The summed E-state index contributed by atoms with van der Waals surface area (Å²) < 4.78 is 21.6. The molecule has 2 aromatic rings. The summed E-state index contributed by atoms with van der Waals surface area (Å²) in [4.78, 5) is 12.6. The third-order valence-electron chi connectivity index (χ3n) is 3.85. The maximum Gasteiger partial charge on any atom is 0.204 e. The molecule has 1 aliphatic rings. The van der Waals surface area contributed by atoms with Gasteiger partial charge in [-0.1, -0.05) is 11.6 Å². The predicted molar refractivity (Wildman–Crippen MR) is 99.6 cm³/mol. The largest absolute Gasteiger partial charge is 0.495 e. The Morgan fingerprint density at radius 3 is 2.54 bits per heavy atom. The summed E-state index contributed by atoms with van der Waals surface area (Å²) in [6, 6.07) is 8.24. The van der Waals surface area contributed by atoms with E-state index in [1.807, 2.05) is 0 Å². The molecule has 0 saturated heterocycles. The molecule has 0 amide bonds. The highest BCUT2D eigenvalue weighted by Crippen LogP contribution is 2.41. The Morgan fingerprint density at radius 2 is 1.85 bits per heavy atom. The van der Waals surface area contributed by atoms with Gasteiger partial charge in [-0.05, 0) is 42.0 Å². The molecule has 1 heterocycles. The minimum Gasteiger partial charge on any atom is -0.495 e. The number of methoxy groups -OCH3 is 2. The molecule has 0 spiro atoms. The van der Waals surface area contributed by atoms with Crippen molar-refractivity contribution in [3.63, 3.8) is 0 Å². The number of carbonyl (C=O) groups excluding carboxylic acids is 1. The van der Waals surface area contributed by atoms with Crippen LogP contribution >= 0.6 is 11.6 Å². The van der Waals surface area contributed by atoms with E-state index >= 15 is 0 Å². The molecule has 0 aromatic heterocycles. The molecular weight excluding hydrogens is 358 g/mol. The first kappa shape index (κ1) is 17.9. The molecule has 0 unspecified atom stereocenters. The summed E-state index contributed by atoms with van der Waals surface area (Å²) in [5.41, 5.74) is 7.24. The van der Waals surface area contributed by atoms with Gasteiger partial charge in [0.05, 0.1) is 24.9 Å². The minimum absolute atomic E-state index is 0.0355. The van der Waals surface area contributed by atoms with E-state index in [1.165, 1.54) is 20.3 Å². The van der Waals surface area contributed by atoms with Gasteiger partial charge in [0.25, 0.3) is 0 Å². The highest BCUT2D eigenvalue weighted by molar-refractivity contribution is 6.47. The van der Waals surface area contributed by atoms with Crippen molar-refractivity contribution in [3.8, 4) is 23.0 Å². The third kappa shape index (κ3) is 3.55. The van der Waals surface area contributed by atoms with Crippen LogP contribution in [-0.4, -0.2) is 33.2 Å². The lowest BCUT2D eigenvalue weighted by Gasteiger charge is -2.21. The Labute approximate surface area is 156 Å². The molecule has 7 heteroatoms. The average Bonchev–Trinajstić information content (AvgIpc) is 2.66. The topological polar surface area (TPSA) is 80.0 Å². The number of ether oxygens (including phenoxy) is 4. The first-order chi connectivity index (χ1) is 12.5. The number of rotatable bonds is 5. The Morgan fingerprint density at radius 1 is 1.12 bits per heavy atom. The van der Waals surface area contributed by atoms with E-state index < -0.39 is 0 Å². The van der Waals surface area contributed by atoms with Crippen molar-refractivity contribution in [2.75, 3.05) is 33.2 Å². The van der Waals surface area contributed by atoms with Gasteiger partial charge < -0.3 is 24.7 Å². The summed E-state index contributed by atoms with van der Waals surface area (Å²) in [7, 11) is 3.04. The second-order valence-electron chi connectivity index (χ2n) is 5.53. The summed E-state index contributed by atoms with van der Waals surface area (Å²) in [6.07, 6.45) is 1.55. The van der Waals surface area contributed by atoms with Crippen LogP contribution in [0.15, 0.2) is 35.4 Å². The molecule has 0 atom stereocenters. The molecule has 0 bridgehead atoms. The number of carbonyl (C=O) groups is 1. The fraction of sp³-hybridized carbons (Fsp3) is 0.211. The zero-order chi connectivity index (χ0) is 18.7. The summed E-state index contributed by atoms with van der Waals surface area (Å²) in [6.45, 7) is 0.901. The average molecular weight is 376 g/mol. The lowest BCUT2D eigenvalue weighted by Crippen LogP contribution is -2.16. The van der Waals surface area contributed by atoms with Crippen LogP contribution in [0.4, 0.5) is 5.69 Å². The van der Waals surface area contributed by atoms with E-state index in [2.05, 4.69) is 0 Å². The molecule has 2 N–H and O–H groups in total. The molecule has 0 radical (unpaired) electrons. The van der Waals surface area contributed by atoms with Gasteiger partial charge in [0.15, 0.2) is 11.5 Å². The van der Waals surface area contributed by atoms with E-state index in [4.69, 9.17) is 36.3 Å². The monoisotopic (exact) mass is 375 g/mol. The third-order valence-corrected chi connectivity index (χ3v) is 4.13. The highest BCUT2D eigenvalue weighted by Gasteiger charge is 2.19. The van der Waals surface area contributed by atoms with Gasteiger partial charge in [-0.2, -0.15) is 0 Å². The van der Waals surface area contributed by atoms with E-state index in [-0.39, 0.29) is 10.8 Å². The molecule has 6 nitrogen and oxygen atoms in total. The van der Waals surface area contributed by atoms with Gasteiger partial charge in [-0.15, -0.1) is 0 Å². The van der Waals surface area contributed by atoms with Crippen LogP contribution in [0.3, 0.4) is 0 Å². The number of ketones is 1. The van der Waals surface area contributed by atoms with Gasteiger partial charge in [-0.3, -0.25) is 4.79 Å². The summed E-state index contributed by atoms with van der Waals surface area (Å²) in [5.74, 6) is 1.75. The van der Waals surface area contributed by atoms with Gasteiger partial charge in [0.1, 0.15) is 19.0 Å². The standard InChI is InChI=1S/C19H18ClNO5/c1-23-15-4-3-12(10-14(15)21)18(22)13(20)7-11-8-16(24-2)19-17(9-11)25-5-6-26-19/h3-4,7-10H,5-6,21H2,1-2H3. The van der Waals surface area contributed by atoms with E-state index in [9.17, 15) is 4.79 Å². The quantitative estimate of drug-likeness (QED) is 0.489. The lowest BCUT2D eigenvalue weighted by molar-refractivity contribution is 0.104. The Bertz CT molecular complexity index is 861. The summed E-state index contributed by atoms with van der Waals surface area (Å²) >= 11 is 6.23. The van der Waals surface area contributed by atoms with Gasteiger partial charge >= 0.3 is 0 Å². The van der Waals surface area contributed by atoms with Gasteiger partial charge in [0.2, 0.25) is 11.5 Å². The molecule has 0 fully saturated rings. The van der Waals surface area contributed by atoms with Crippen LogP contribution in [0.1, 0.15) is 15.9 Å². The number of nitrogens with two attached hydrogens (primary N) is 1. The smallest absolute Gasteiger partial charge is 0.204 e. The van der Waals surface area contributed by atoms with E-state index in [0.29, 0.717) is 53.0 Å². The molecule has 26 heavy (non-hydrogen) atoms. The fourth-order valence-electron chi connectivity index (χ4n) is 2.60. The van der Waals surface area contributed by atoms with Crippen LogP contribution in [0.2, 0.25) is 0 Å². The molecular formula is C19H18ClNO5. The van der Waals surface area contributed by atoms with Crippen LogP contribution in [-0.2, 0) is 0 Å². The van der Waals surface area contributed by atoms with Crippen molar-refractivity contribution >= 4 is 29.1 Å². The predicted octanol–water partition coefficient (Wildman–Crippen LogP) is 3.52. The van der Waals surface area contributed by atoms with Crippen LogP contribution < -0.4 is 24.7 Å². The second kappa shape index (κ2) is 7.58. The van der Waals surface area contributed by atoms with Crippen LogP contribution in [0, 0.1) is 0 Å². The van der Waals surface area contributed by atoms with Crippen molar-refractivity contribution < 1.29 is 23.7 Å². The van der Waals surface area contributed by atoms with Gasteiger partial charge in [0, 0.05) is 5.56 Å². The molecule has 0 saturated carbocycles. The number of hydrogen-bond donors (Lipinski definition) is 1. The van der Waals surface area contributed by atoms with E-state index in [1.54, 1.807) is 30.3 Å². The van der Waals surface area contributed by atoms with Gasteiger partial charge in [-0.25, -0.2) is 0 Å². The van der Waals surface area contributed by atoms with Crippen molar-refractivity contribution in [2.24, 2.45) is 0 Å². The Hall–Kier alpha value is -2.86. The second-order valence-corrected chi connectivity index (χ2v) is 5.93. The zero-order valence-corrected chi connectivity index (χ0v) is 15.1. The Kier molecular flexibility index (Phi) is 5.23.